The highest BCUT2D eigenvalue weighted by atomic mass is 35.5. The number of amides is 1. The summed E-state index contributed by atoms with van der Waals surface area (Å²) in [6.07, 6.45) is 2.18. The predicted octanol–water partition coefficient (Wildman–Crippen LogP) is 3.87. The quantitative estimate of drug-likeness (QED) is 0.903. The van der Waals surface area contributed by atoms with Crippen molar-refractivity contribution in [1.29, 1.82) is 0 Å². The van der Waals surface area contributed by atoms with E-state index < -0.39 is 0 Å². The summed E-state index contributed by atoms with van der Waals surface area (Å²) in [5.41, 5.74) is 3.05. The van der Waals surface area contributed by atoms with Gasteiger partial charge in [-0.2, -0.15) is 0 Å². The molecule has 0 aliphatic heterocycles. The Kier molecular flexibility index (Phi) is 4.31. The van der Waals surface area contributed by atoms with Gasteiger partial charge in [-0.05, 0) is 54.8 Å². The predicted molar refractivity (Wildman–Crippen MR) is 95.5 cm³/mol. The largest absolute Gasteiger partial charge is 0.378 e. The molecule has 3 rings (SSSR count). The molecule has 4 heteroatoms. The van der Waals surface area contributed by atoms with E-state index in [2.05, 4.69) is 11.4 Å². The molecule has 1 aliphatic rings. The molecule has 0 aromatic heterocycles. The summed E-state index contributed by atoms with van der Waals surface area (Å²) < 4.78 is 0. The van der Waals surface area contributed by atoms with E-state index in [1.54, 1.807) is 0 Å². The van der Waals surface area contributed by atoms with E-state index in [-0.39, 0.29) is 11.3 Å². The van der Waals surface area contributed by atoms with Crippen molar-refractivity contribution in [3.8, 4) is 0 Å². The molecule has 0 atom stereocenters. The lowest BCUT2D eigenvalue weighted by Crippen LogP contribution is -2.32. The van der Waals surface area contributed by atoms with Crippen LogP contribution in [0.2, 0.25) is 5.02 Å². The van der Waals surface area contributed by atoms with Gasteiger partial charge in [0.15, 0.2) is 0 Å². The van der Waals surface area contributed by atoms with Crippen molar-refractivity contribution in [2.45, 2.75) is 18.3 Å². The Labute approximate surface area is 142 Å². The van der Waals surface area contributed by atoms with Crippen molar-refractivity contribution < 1.29 is 4.79 Å². The number of hydrogen-bond donors (Lipinski definition) is 1. The van der Waals surface area contributed by atoms with Crippen molar-refractivity contribution in [1.82, 2.24) is 5.32 Å². The SMILES string of the molecule is CN(C)c1ccc(C(=O)NCC2(c3cccc(Cl)c3)CC2)cc1. The highest BCUT2D eigenvalue weighted by molar-refractivity contribution is 6.30. The third-order valence-corrected chi connectivity index (χ3v) is 4.76. The summed E-state index contributed by atoms with van der Waals surface area (Å²) in [5.74, 6) is -0.0244. The molecule has 1 amide bonds. The Balaban J connectivity index is 1.65. The lowest BCUT2D eigenvalue weighted by Gasteiger charge is -2.17. The van der Waals surface area contributed by atoms with Gasteiger partial charge in [0.25, 0.3) is 5.91 Å². The summed E-state index contributed by atoms with van der Waals surface area (Å²) in [6, 6.07) is 15.6. The number of anilines is 1. The van der Waals surface area contributed by atoms with Crippen LogP contribution < -0.4 is 10.2 Å². The number of carbonyl (C=O) groups is 1. The monoisotopic (exact) mass is 328 g/mol. The van der Waals surface area contributed by atoms with Gasteiger partial charge in [0.2, 0.25) is 0 Å². The third kappa shape index (κ3) is 3.50. The second-order valence-corrected chi connectivity index (χ2v) is 6.85. The van der Waals surface area contributed by atoms with Crippen LogP contribution in [0.1, 0.15) is 28.8 Å². The highest BCUT2D eigenvalue weighted by Crippen LogP contribution is 2.48. The van der Waals surface area contributed by atoms with Crippen LogP contribution in [0.25, 0.3) is 0 Å². The molecule has 23 heavy (non-hydrogen) atoms. The van der Waals surface area contributed by atoms with Gasteiger partial charge in [-0.3, -0.25) is 4.79 Å². The minimum absolute atomic E-state index is 0.0244. The molecule has 1 N–H and O–H groups in total. The number of nitrogens with zero attached hydrogens (tertiary/aromatic N) is 1. The van der Waals surface area contributed by atoms with Crippen molar-refractivity contribution in [3.05, 3.63) is 64.7 Å². The van der Waals surface area contributed by atoms with Crippen LogP contribution in [0.15, 0.2) is 48.5 Å². The van der Waals surface area contributed by atoms with Crippen LogP contribution in [0, 0.1) is 0 Å². The van der Waals surface area contributed by atoms with E-state index in [4.69, 9.17) is 11.6 Å². The van der Waals surface area contributed by atoms with Crippen molar-refractivity contribution in [2.24, 2.45) is 0 Å². The maximum Gasteiger partial charge on any atom is 0.251 e. The Bertz CT molecular complexity index is 706. The second-order valence-electron chi connectivity index (χ2n) is 6.41. The molecule has 120 valence electrons. The molecule has 0 radical (unpaired) electrons. The van der Waals surface area contributed by atoms with Crippen molar-refractivity contribution >= 4 is 23.2 Å². The molecular formula is C19H21ClN2O. The second kappa shape index (κ2) is 6.25. The molecule has 0 saturated heterocycles. The molecule has 2 aromatic rings. The lowest BCUT2D eigenvalue weighted by molar-refractivity contribution is 0.0949. The third-order valence-electron chi connectivity index (χ3n) is 4.52. The van der Waals surface area contributed by atoms with Gasteiger partial charge in [0.1, 0.15) is 0 Å². The fourth-order valence-electron chi connectivity index (χ4n) is 2.80. The number of carbonyl (C=O) groups excluding carboxylic acids is 1. The van der Waals surface area contributed by atoms with Gasteiger partial charge >= 0.3 is 0 Å². The van der Waals surface area contributed by atoms with Gasteiger partial charge < -0.3 is 10.2 Å². The van der Waals surface area contributed by atoms with E-state index in [0.29, 0.717) is 12.1 Å². The zero-order valence-corrected chi connectivity index (χ0v) is 14.2. The molecule has 1 aliphatic carbocycles. The zero-order chi connectivity index (χ0) is 16.4. The minimum Gasteiger partial charge on any atom is -0.378 e. The van der Waals surface area contributed by atoms with Gasteiger partial charge in [-0.25, -0.2) is 0 Å². The maximum absolute atomic E-state index is 12.3. The van der Waals surface area contributed by atoms with Crippen LogP contribution in [0.3, 0.4) is 0 Å². The van der Waals surface area contributed by atoms with Gasteiger partial charge in [-0.1, -0.05) is 23.7 Å². The molecule has 0 spiro atoms. The number of nitrogens with one attached hydrogen (secondary N) is 1. The molecule has 0 heterocycles. The van der Waals surface area contributed by atoms with Gasteiger partial charge in [0.05, 0.1) is 0 Å². The van der Waals surface area contributed by atoms with E-state index in [0.717, 1.165) is 23.6 Å². The lowest BCUT2D eigenvalue weighted by atomic mass is 9.96. The summed E-state index contributed by atoms with van der Waals surface area (Å²) in [7, 11) is 3.97. The van der Waals surface area contributed by atoms with Gasteiger partial charge in [0, 0.05) is 42.3 Å². The van der Waals surface area contributed by atoms with Crippen LogP contribution in [-0.4, -0.2) is 26.5 Å². The average molecular weight is 329 g/mol. The highest BCUT2D eigenvalue weighted by Gasteiger charge is 2.44. The van der Waals surface area contributed by atoms with Crippen LogP contribution >= 0.6 is 11.6 Å². The summed E-state index contributed by atoms with van der Waals surface area (Å²) in [5, 5.41) is 3.82. The topological polar surface area (TPSA) is 32.3 Å². The minimum atomic E-state index is -0.0244. The molecular weight excluding hydrogens is 308 g/mol. The standard InChI is InChI=1S/C19H21ClN2O/c1-22(2)17-8-6-14(7-9-17)18(23)21-13-19(10-11-19)15-4-3-5-16(20)12-15/h3-9,12H,10-11,13H2,1-2H3,(H,21,23). The molecule has 3 nitrogen and oxygen atoms in total. The molecule has 0 unspecified atom stereocenters. The molecule has 1 saturated carbocycles. The summed E-state index contributed by atoms with van der Waals surface area (Å²) in [6.45, 7) is 0.654. The smallest absolute Gasteiger partial charge is 0.251 e. The van der Waals surface area contributed by atoms with Crippen LogP contribution in [0.5, 0.6) is 0 Å². The van der Waals surface area contributed by atoms with Crippen LogP contribution in [0.4, 0.5) is 5.69 Å². The number of rotatable bonds is 5. The van der Waals surface area contributed by atoms with Crippen molar-refractivity contribution in [2.75, 3.05) is 25.5 Å². The Hall–Kier alpha value is -2.00. The van der Waals surface area contributed by atoms with E-state index in [9.17, 15) is 4.79 Å². The van der Waals surface area contributed by atoms with E-state index >= 15 is 0 Å². The first-order chi connectivity index (χ1) is 11.0. The summed E-state index contributed by atoms with van der Waals surface area (Å²) in [4.78, 5) is 14.4. The number of hydrogen-bond acceptors (Lipinski definition) is 2. The fraction of sp³-hybridized carbons (Fsp3) is 0.316. The Morgan fingerprint density at radius 3 is 2.43 bits per heavy atom. The first kappa shape index (κ1) is 15.9. The number of halogens is 1. The molecule has 0 bridgehead atoms. The first-order valence-corrected chi connectivity index (χ1v) is 8.20. The Morgan fingerprint density at radius 1 is 1.17 bits per heavy atom. The summed E-state index contributed by atoms with van der Waals surface area (Å²) >= 11 is 6.09. The zero-order valence-electron chi connectivity index (χ0n) is 13.5. The normalized spacial score (nSPS) is 15.1. The Morgan fingerprint density at radius 2 is 1.87 bits per heavy atom. The molecule has 1 fully saturated rings. The van der Waals surface area contributed by atoms with Gasteiger partial charge in [-0.15, -0.1) is 0 Å². The maximum atomic E-state index is 12.3. The average Bonchev–Trinajstić information content (AvgIpc) is 3.34. The molecule has 2 aromatic carbocycles. The van der Waals surface area contributed by atoms with E-state index in [1.807, 2.05) is 61.5 Å². The fourth-order valence-corrected chi connectivity index (χ4v) is 2.99. The number of benzene rings is 2. The van der Waals surface area contributed by atoms with E-state index in [1.165, 1.54) is 5.56 Å². The van der Waals surface area contributed by atoms with Crippen LogP contribution in [-0.2, 0) is 5.41 Å². The first-order valence-electron chi connectivity index (χ1n) is 7.82. The van der Waals surface area contributed by atoms with Crippen molar-refractivity contribution in [3.63, 3.8) is 0 Å².